The van der Waals surface area contributed by atoms with Crippen molar-refractivity contribution in [3.05, 3.63) is 34.1 Å². The van der Waals surface area contributed by atoms with Gasteiger partial charge in [-0.05, 0) is 37.0 Å². The van der Waals surface area contributed by atoms with Crippen molar-refractivity contribution in [3.63, 3.8) is 0 Å². The van der Waals surface area contributed by atoms with Gasteiger partial charge in [-0.25, -0.2) is 9.18 Å². The molecule has 0 radical (unpaired) electrons. The third-order valence-electron chi connectivity index (χ3n) is 3.80. The van der Waals surface area contributed by atoms with Gasteiger partial charge in [0.05, 0.1) is 5.56 Å². The number of hydrogen-bond acceptors (Lipinski definition) is 3. The normalized spacial score (nSPS) is 15.4. The fourth-order valence-electron chi connectivity index (χ4n) is 2.56. The van der Waals surface area contributed by atoms with Crippen molar-refractivity contribution in [1.82, 2.24) is 5.32 Å². The summed E-state index contributed by atoms with van der Waals surface area (Å²) < 4.78 is 19.0. The third kappa shape index (κ3) is 5.09. The average Bonchev–Trinajstić information content (AvgIpc) is 2.51. The minimum atomic E-state index is -0.835. The summed E-state index contributed by atoms with van der Waals surface area (Å²) in [7, 11) is 0. The van der Waals surface area contributed by atoms with Gasteiger partial charge in [0.15, 0.2) is 6.61 Å². The lowest BCUT2D eigenvalue weighted by atomic mass is 9.89. The highest BCUT2D eigenvalue weighted by Crippen LogP contribution is 2.22. The average molecular weight is 372 g/mol. The Kier molecular flexibility index (Phi) is 6.36. The molecule has 1 aliphatic carbocycles. The monoisotopic (exact) mass is 371 g/mol. The summed E-state index contributed by atoms with van der Waals surface area (Å²) in [5.74, 6) is -1.35. The summed E-state index contributed by atoms with van der Waals surface area (Å²) in [5.41, 5.74) is -0.178. The van der Waals surface area contributed by atoms with Crippen LogP contribution in [0.4, 0.5) is 4.39 Å². The maximum Gasteiger partial charge on any atom is 0.341 e. The molecular formula is C16H19BrFNO3. The Morgan fingerprint density at radius 2 is 2.00 bits per heavy atom. The van der Waals surface area contributed by atoms with E-state index in [4.69, 9.17) is 4.74 Å². The number of rotatable bonds is 5. The van der Waals surface area contributed by atoms with E-state index < -0.39 is 11.8 Å². The Bertz CT molecular complexity index is 544. The highest BCUT2D eigenvalue weighted by molar-refractivity contribution is 9.10. The van der Waals surface area contributed by atoms with Crippen molar-refractivity contribution in [3.8, 4) is 0 Å². The topological polar surface area (TPSA) is 55.4 Å². The summed E-state index contributed by atoms with van der Waals surface area (Å²) in [5, 5.41) is 2.77. The molecule has 1 fully saturated rings. The third-order valence-corrected chi connectivity index (χ3v) is 4.29. The largest absolute Gasteiger partial charge is 0.452 e. The molecule has 4 nitrogen and oxygen atoms in total. The quantitative estimate of drug-likeness (QED) is 0.806. The molecular weight excluding hydrogens is 353 g/mol. The lowest BCUT2D eigenvalue weighted by molar-refractivity contribution is -0.124. The van der Waals surface area contributed by atoms with Crippen molar-refractivity contribution in [2.75, 3.05) is 13.2 Å². The van der Waals surface area contributed by atoms with E-state index in [0.717, 1.165) is 12.8 Å². The van der Waals surface area contributed by atoms with E-state index in [0.29, 0.717) is 16.9 Å². The van der Waals surface area contributed by atoms with Crippen LogP contribution in [0.2, 0.25) is 0 Å². The molecule has 1 aromatic rings. The summed E-state index contributed by atoms with van der Waals surface area (Å²) in [4.78, 5) is 23.4. The van der Waals surface area contributed by atoms with Crippen molar-refractivity contribution in [2.45, 2.75) is 32.1 Å². The van der Waals surface area contributed by atoms with E-state index in [2.05, 4.69) is 21.2 Å². The highest BCUT2D eigenvalue weighted by atomic mass is 79.9. The number of hydrogen-bond donors (Lipinski definition) is 1. The molecule has 120 valence electrons. The lowest BCUT2D eigenvalue weighted by Crippen LogP contribution is -2.33. The number of carbonyl (C=O) groups is 2. The Balaban J connectivity index is 1.74. The number of ether oxygens (including phenoxy) is 1. The molecule has 0 heterocycles. The van der Waals surface area contributed by atoms with Crippen LogP contribution in [0.3, 0.4) is 0 Å². The second-order valence-electron chi connectivity index (χ2n) is 5.51. The first kappa shape index (κ1) is 16.9. The van der Waals surface area contributed by atoms with Crippen molar-refractivity contribution in [1.29, 1.82) is 0 Å². The molecule has 1 aromatic carbocycles. The maximum absolute atomic E-state index is 13.6. The number of carbonyl (C=O) groups excluding carboxylic acids is 2. The number of esters is 1. The molecule has 1 amide bonds. The minimum absolute atomic E-state index is 0.178. The van der Waals surface area contributed by atoms with Crippen LogP contribution in [-0.2, 0) is 9.53 Å². The molecule has 0 bridgehead atoms. The van der Waals surface area contributed by atoms with Gasteiger partial charge < -0.3 is 10.1 Å². The van der Waals surface area contributed by atoms with E-state index in [1.165, 1.54) is 31.4 Å². The van der Waals surface area contributed by atoms with Gasteiger partial charge in [-0.2, -0.15) is 0 Å². The van der Waals surface area contributed by atoms with Gasteiger partial charge >= 0.3 is 5.97 Å². The fraction of sp³-hybridized carbons (Fsp3) is 0.500. The van der Waals surface area contributed by atoms with Crippen LogP contribution in [0.5, 0.6) is 0 Å². The van der Waals surface area contributed by atoms with E-state index in [9.17, 15) is 14.0 Å². The molecule has 0 aromatic heterocycles. The van der Waals surface area contributed by atoms with Crippen LogP contribution in [-0.4, -0.2) is 25.0 Å². The van der Waals surface area contributed by atoms with Crippen molar-refractivity contribution >= 4 is 27.8 Å². The minimum Gasteiger partial charge on any atom is -0.452 e. The highest BCUT2D eigenvalue weighted by Gasteiger charge is 2.17. The first-order valence-electron chi connectivity index (χ1n) is 7.45. The van der Waals surface area contributed by atoms with Crippen LogP contribution < -0.4 is 5.32 Å². The zero-order valence-electron chi connectivity index (χ0n) is 12.2. The Morgan fingerprint density at radius 3 is 2.68 bits per heavy atom. The summed E-state index contributed by atoms with van der Waals surface area (Å²) in [6, 6.07) is 4.05. The number of nitrogens with one attached hydrogen (secondary N) is 1. The predicted octanol–water partition coefficient (Wildman–Crippen LogP) is 3.44. The summed E-state index contributed by atoms with van der Waals surface area (Å²) in [6.07, 6.45) is 5.94. The van der Waals surface area contributed by atoms with Crippen LogP contribution in [0.15, 0.2) is 22.7 Å². The molecule has 1 aliphatic rings. The van der Waals surface area contributed by atoms with Crippen LogP contribution in [0, 0.1) is 11.7 Å². The van der Waals surface area contributed by atoms with Crippen LogP contribution in [0.1, 0.15) is 42.5 Å². The smallest absolute Gasteiger partial charge is 0.341 e. The van der Waals surface area contributed by atoms with Gasteiger partial charge in [-0.3, -0.25) is 4.79 Å². The van der Waals surface area contributed by atoms with Crippen molar-refractivity contribution in [2.24, 2.45) is 5.92 Å². The van der Waals surface area contributed by atoms with Gasteiger partial charge in [0.25, 0.3) is 5.91 Å². The molecule has 2 rings (SSSR count). The van der Waals surface area contributed by atoms with E-state index in [-0.39, 0.29) is 18.1 Å². The fourth-order valence-corrected chi connectivity index (χ4v) is 2.90. The van der Waals surface area contributed by atoms with Gasteiger partial charge in [0.2, 0.25) is 0 Å². The standard InChI is InChI=1S/C16H19BrFNO3/c17-12-6-7-13(14(18)8-12)16(21)22-10-15(20)19-9-11-4-2-1-3-5-11/h6-8,11H,1-5,9-10H2,(H,19,20). The van der Waals surface area contributed by atoms with Crippen molar-refractivity contribution < 1.29 is 18.7 Å². The van der Waals surface area contributed by atoms with Crippen LogP contribution >= 0.6 is 15.9 Å². The molecule has 6 heteroatoms. The second kappa shape index (κ2) is 8.27. The molecule has 1 N–H and O–H groups in total. The zero-order chi connectivity index (χ0) is 15.9. The molecule has 0 unspecified atom stereocenters. The van der Waals surface area contributed by atoms with Gasteiger partial charge in [-0.15, -0.1) is 0 Å². The number of benzene rings is 1. The Morgan fingerprint density at radius 1 is 1.27 bits per heavy atom. The van der Waals surface area contributed by atoms with E-state index in [1.54, 1.807) is 6.07 Å². The number of amides is 1. The second-order valence-corrected chi connectivity index (χ2v) is 6.42. The Hall–Kier alpha value is -1.43. The Labute approximate surface area is 137 Å². The van der Waals surface area contributed by atoms with Gasteiger partial charge in [-0.1, -0.05) is 35.2 Å². The van der Waals surface area contributed by atoms with Gasteiger partial charge in [0.1, 0.15) is 5.82 Å². The van der Waals surface area contributed by atoms with E-state index in [1.807, 2.05) is 0 Å². The first-order valence-corrected chi connectivity index (χ1v) is 8.24. The summed E-state index contributed by atoms with van der Waals surface area (Å²) in [6.45, 7) is 0.226. The molecule has 22 heavy (non-hydrogen) atoms. The first-order chi connectivity index (χ1) is 10.6. The molecule has 0 aliphatic heterocycles. The number of halogens is 2. The molecule has 0 atom stereocenters. The predicted molar refractivity (Wildman–Crippen MR) is 84.0 cm³/mol. The maximum atomic E-state index is 13.6. The molecule has 0 saturated heterocycles. The lowest BCUT2D eigenvalue weighted by Gasteiger charge is -2.21. The van der Waals surface area contributed by atoms with E-state index >= 15 is 0 Å². The SMILES string of the molecule is O=C(COC(=O)c1ccc(Br)cc1F)NCC1CCCCC1. The molecule has 1 saturated carbocycles. The van der Waals surface area contributed by atoms with Gasteiger partial charge in [0, 0.05) is 11.0 Å². The summed E-state index contributed by atoms with van der Waals surface area (Å²) >= 11 is 3.11. The van der Waals surface area contributed by atoms with Crippen LogP contribution in [0.25, 0.3) is 0 Å². The zero-order valence-corrected chi connectivity index (χ0v) is 13.8. The molecule has 0 spiro atoms.